The summed E-state index contributed by atoms with van der Waals surface area (Å²) >= 11 is 0. The van der Waals surface area contributed by atoms with E-state index in [1.54, 1.807) is 27.7 Å². The minimum absolute atomic E-state index is 0.473. The van der Waals surface area contributed by atoms with Crippen molar-refractivity contribution in [3.63, 3.8) is 0 Å². The first-order valence-electron chi connectivity index (χ1n) is 18.6. The van der Waals surface area contributed by atoms with Crippen LogP contribution in [0.4, 0.5) is 0 Å². The van der Waals surface area contributed by atoms with E-state index in [0.29, 0.717) is 61.5 Å². The van der Waals surface area contributed by atoms with Gasteiger partial charge in [0, 0.05) is 0 Å². The fraction of sp³-hybridized carbons (Fsp3) is 0.429. The topological polar surface area (TPSA) is 151 Å². The predicted molar refractivity (Wildman–Crippen MR) is 212 cm³/mol. The lowest BCUT2D eigenvalue weighted by Crippen LogP contribution is -2.48. The van der Waals surface area contributed by atoms with Crippen LogP contribution in [0.3, 0.4) is 0 Å². The van der Waals surface area contributed by atoms with E-state index in [2.05, 4.69) is 9.44 Å². The van der Waals surface area contributed by atoms with Crippen LogP contribution in [-0.2, 0) is 44.5 Å². The Balaban J connectivity index is 0.000000208. The molecule has 12 heteroatoms. The van der Waals surface area contributed by atoms with Gasteiger partial charge in [0.2, 0.25) is 20.0 Å². The van der Waals surface area contributed by atoms with Gasteiger partial charge in [0.05, 0.1) is 22.6 Å². The average molecular weight is 779 g/mol. The molecule has 0 heterocycles. The molecule has 4 atom stereocenters. The maximum Gasteiger partial charge on any atom is 0.214 e. The van der Waals surface area contributed by atoms with E-state index in [0.717, 1.165) is 24.0 Å². The Bertz CT molecular complexity index is 1850. The van der Waals surface area contributed by atoms with E-state index in [9.17, 15) is 27.0 Å². The number of hydrogen-bond acceptors (Lipinski definition) is 8. The third-order valence-electron chi connectivity index (χ3n) is 10.3. The maximum atomic E-state index is 12.2. The van der Waals surface area contributed by atoms with Gasteiger partial charge in [-0.05, 0) is 113 Å². The summed E-state index contributed by atoms with van der Waals surface area (Å²) in [5, 5.41) is 21.3. The van der Waals surface area contributed by atoms with Crippen molar-refractivity contribution in [1.82, 2.24) is 9.44 Å². The van der Waals surface area contributed by atoms with Crippen molar-refractivity contribution < 1.29 is 36.5 Å². The molecule has 4 N–H and O–H groups in total. The van der Waals surface area contributed by atoms with Crippen LogP contribution in [0.1, 0.15) is 88.5 Å². The van der Waals surface area contributed by atoms with Crippen molar-refractivity contribution in [2.24, 2.45) is 0 Å². The summed E-state index contributed by atoms with van der Waals surface area (Å²) in [5.41, 5.74) is 1.20. The number of hydrogen-bond donors (Lipinski definition) is 4. The molecule has 0 spiro atoms. The van der Waals surface area contributed by atoms with Crippen molar-refractivity contribution in [3.8, 4) is 11.5 Å². The quantitative estimate of drug-likeness (QED) is 0.111. The Labute approximate surface area is 321 Å². The Morgan fingerprint density at radius 1 is 0.574 bits per heavy atom. The number of nitrogens with one attached hydrogen (secondary N) is 2. The molecule has 292 valence electrons. The molecular formula is C42H54N2O8S2. The van der Waals surface area contributed by atoms with Gasteiger partial charge in [-0.3, -0.25) is 0 Å². The summed E-state index contributed by atoms with van der Waals surface area (Å²) in [4.78, 5) is 0. The van der Waals surface area contributed by atoms with Crippen LogP contribution >= 0.6 is 0 Å². The van der Waals surface area contributed by atoms with Gasteiger partial charge >= 0.3 is 0 Å². The summed E-state index contributed by atoms with van der Waals surface area (Å²) in [6.07, 6.45) is 3.84. The standard InChI is InChI=1S/2C21H27NO4S/c2*1-16(2)27(24,25)22-20-9-6-14-21(20,23)18-10-12-19(13-11-18)26-15-17-7-4-3-5-8-17/h2*3-5,7-8,10-13,16,20,22-23H,6,9,14-15H2,1-2H3/t20-,21+;20-,21-/m00/s1. The summed E-state index contributed by atoms with van der Waals surface area (Å²) in [6.45, 7) is 7.48. The van der Waals surface area contributed by atoms with Crippen molar-refractivity contribution in [1.29, 1.82) is 0 Å². The summed E-state index contributed by atoms with van der Waals surface area (Å²) in [6, 6.07) is 33.4. The van der Waals surface area contributed by atoms with E-state index in [-0.39, 0.29) is 0 Å². The Morgan fingerprint density at radius 3 is 1.22 bits per heavy atom. The highest BCUT2D eigenvalue weighted by Gasteiger charge is 2.46. The lowest BCUT2D eigenvalue weighted by atomic mass is 9.89. The van der Waals surface area contributed by atoms with Gasteiger partial charge < -0.3 is 19.7 Å². The summed E-state index contributed by atoms with van der Waals surface area (Å²) in [5.74, 6) is 1.42. The van der Waals surface area contributed by atoms with Gasteiger partial charge in [0.1, 0.15) is 35.9 Å². The van der Waals surface area contributed by atoms with E-state index in [4.69, 9.17) is 9.47 Å². The second kappa shape index (κ2) is 17.8. The third-order valence-corrected chi connectivity index (χ3v) is 14.0. The number of benzene rings is 4. The van der Waals surface area contributed by atoms with Crippen LogP contribution in [0.15, 0.2) is 109 Å². The number of ether oxygens (including phenoxy) is 2. The monoisotopic (exact) mass is 778 g/mol. The van der Waals surface area contributed by atoms with E-state index >= 15 is 0 Å². The maximum absolute atomic E-state index is 12.2. The van der Waals surface area contributed by atoms with Crippen LogP contribution in [0.5, 0.6) is 11.5 Å². The largest absolute Gasteiger partial charge is 0.489 e. The molecule has 4 aromatic carbocycles. The molecule has 2 saturated carbocycles. The van der Waals surface area contributed by atoms with Crippen LogP contribution in [-0.4, -0.2) is 49.6 Å². The summed E-state index contributed by atoms with van der Waals surface area (Å²) in [7, 11) is -6.89. The van der Waals surface area contributed by atoms with Crippen LogP contribution in [0.2, 0.25) is 0 Å². The molecule has 0 amide bonds. The Morgan fingerprint density at radius 2 is 0.907 bits per heavy atom. The van der Waals surface area contributed by atoms with Crippen molar-refractivity contribution in [3.05, 3.63) is 131 Å². The highest BCUT2D eigenvalue weighted by molar-refractivity contribution is 7.90. The highest BCUT2D eigenvalue weighted by Crippen LogP contribution is 2.41. The highest BCUT2D eigenvalue weighted by atomic mass is 32.2. The van der Waals surface area contributed by atoms with Gasteiger partial charge in [0.15, 0.2) is 0 Å². The van der Waals surface area contributed by atoms with Crippen molar-refractivity contribution >= 4 is 20.0 Å². The lowest BCUT2D eigenvalue weighted by Gasteiger charge is -2.31. The van der Waals surface area contributed by atoms with Crippen LogP contribution < -0.4 is 18.9 Å². The normalized spacial score (nSPS) is 22.9. The molecule has 0 bridgehead atoms. The molecule has 0 aliphatic heterocycles. The van der Waals surface area contributed by atoms with Gasteiger partial charge in [0.25, 0.3) is 0 Å². The van der Waals surface area contributed by atoms with Gasteiger partial charge in [-0.2, -0.15) is 0 Å². The minimum Gasteiger partial charge on any atom is -0.489 e. The Hall–Kier alpha value is -3.78. The predicted octanol–water partition coefficient (Wildman–Crippen LogP) is 6.67. The van der Waals surface area contributed by atoms with E-state index in [1.807, 2.05) is 109 Å². The molecule has 54 heavy (non-hydrogen) atoms. The summed E-state index contributed by atoms with van der Waals surface area (Å²) < 4.78 is 65.9. The zero-order valence-electron chi connectivity index (χ0n) is 31.5. The first-order valence-corrected chi connectivity index (χ1v) is 21.7. The van der Waals surface area contributed by atoms with Crippen LogP contribution in [0, 0.1) is 0 Å². The van der Waals surface area contributed by atoms with Crippen molar-refractivity contribution in [2.75, 3.05) is 0 Å². The van der Waals surface area contributed by atoms with E-state index < -0.39 is 53.8 Å². The molecule has 2 aliphatic rings. The smallest absolute Gasteiger partial charge is 0.214 e. The fourth-order valence-corrected chi connectivity index (χ4v) is 8.77. The molecule has 4 aromatic rings. The van der Waals surface area contributed by atoms with Crippen LogP contribution in [0.25, 0.3) is 0 Å². The molecule has 6 rings (SSSR count). The molecule has 2 fully saturated rings. The molecule has 2 aliphatic carbocycles. The van der Waals surface area contributed by atoms with Gasteiger partial charge in [-0.1, -0.05) is 84.9 Å². The zero-order chi connectivity index (χ0) is 39.0. The molecule has 0 aromatic heterocycles. The second-order valence-electron chi connectivity index (χ2n) is 14.8. The second-order valence-corrected chi connectivity index (χ2v) is 19.3. The fourth-order valence-electron chi connectivity index (χ4n) is 6.81. The zero-order valence-corrected chi connectivity index (χ0v) is 33.2. The Kier molecular flexibility index (Phi) is 13.6. The minimum atomic E-state index is -3.44. The van der Waals surface area contributed by atoms with Gasteiger partial charge in [-0.15, -0.1) is 0 Å². The number of aliphatic hydroxyl groups is 2. The molecule has 0 unspecified atom stereocenters. The van der Waals surface area contributed by atoms with E-state index in [1.165, 1.54) is 0 Å². The third kappa shape index (κ3) is 10.3. The molecule has 0 radical (unpaired) electrons. The molecular weight excluding hydrogens is 725 g/mol. The average Bonchev–Trinajstić information content (AvgIpc) is 3.72. The van der Waals surface area contributed by atoms with Gasteiger partial charge in [-0.25, -0.2) is 26.3 Å². The SMILES string of the molecule is CC(C)S(=O)(=O)N[C@H]1CCC[C@@]1(O)c1ccc(OCc2ccccc2)cc1.CC(C)S(=O)(=O)N[C@H]1CCC[C@]1(O)c1ccc(OCc2ccccc2)cc1. The molecule has 0 saturated heterocycles. The van der Waals surface area contributed by atoms with Crippen molar-refractivity contribution in [2.45, 2.75) is 113 Å². The first kappa shape index (κ1) is 41.4. The number of sulfonamides is 2. The first-order chi connectivity index (χ1) is 25.6. The lowest BCUT2D eigenvalue weighted by molar-refractivity contribution is 0.0228. The molecule has 10 nitrogen and oxygen atoms in total. The number of rotatable bonds is 14.